The molecule has 4 unspecified atom stereocenters. The van der Waals surface area contributed by atoms with E-state index in [1.165, 1.54) is 0 Å². The topological polar surface area (TPSA) is 40.5 Å². The van der Waals surface area contributed by atoms with Gasteiger partial charge in [-0.15, -0.1) is 5.73 Å². The molecule has 0 aromatic rings. The Morgan fingerprint density at radius 1 is 0.824 bits per heavy atom. The van der Waals surface area contributed by atoms with E-state index in [1.807, 2.05) is 0 Å². The lowest BCUT2D eigenvalue weighted by Crippen LogP contribution is -2.14. The van der Waals surface area contributed by atoms with Crippen molar-refractivity contribution in [3.8, 4) is 0 Å². The third kappa shape index (κ3) is 2.01. The Hall–Kier alpha value is -0.820. The van der Waals surface area contributed by atoms with Crippen LogP contribution in [0.15, 0.2) is 29.0 Å². The van der Waals surface area contributed by atoms with E-state index in [4.69, 9.17) is 0 Å². The zero-order valence-electron chi connectivity index (χ0n) is 10.1. The molecular formula is C15H20O2. The van der Waals surface area contributed by atoms with Crippen molar-refractivity contribution in [2.45, 2.75) is 50.7 Å². The summed E-state index contributed by atoms with van der Waals surface area (Å²) in [6, 6.07) is 0. The van der Waals surface area contributed by atoms with Crippen LogP contribution in [0.25, 0.3) is 0 Å². The zero-order valence-corrected chi connectivity index (χ0v) is 10.1. The molecular weight excluding hydrogens is 212 g/mol. The van der Waals surface area contributed by atoms with Gasteiger partial charge in [0, 0.05) is 11.8 Å². The fourth-order valence-electron chi connectivity index (χ4n) is 3.47. The zero-order chi connectivity index (χ0) is 11.8. The van der Waals surface area contributed by atoms with Crippen LogP contribution < -0.4 is 0 Å². The first kappa shape index (κ1) is 11.3. The number of rotatable bonds is 2. The van der Waals surface area contributed by atoms with Gasteiger partial charge in [-0.25, -0.2) is 0 Å². The van der Waals surface area contributed by atoms with E-state index in [0.717, 1.165) is 49.7 Å². The van der Waals surface area contributed by atoms with E-state index in [9.17, 15) is 10.2 Å². The molecule has 0 spiro atoms. The van der Waals surface area contributed by atoms with E-state index < -0.39 is 0 Å². The number of allylic oxidation sites excluding steroid dienone is 2. The molecule has 3 rings (SSSR count). The van der Waals surface area contributed by atoms with Crippen LogP contribution in [0, 0.1) is 11.8 Å². The molecule has 3 aliphatic carbocycles. The monoisotopic (exact) mass is 232 g/mol. The highest BCUT2D eigenvalue weighted by atomic mass is 16.3. The molecule has 3 aliphatic rings. The van der Waals surface area contributed by atoms with Crippen molar-refractivity contribution < 1.29 is 10.2 Å². The van der Waals surface area contributed by atoms with Crippen LogP contribution >= 0.6 is 0 Å². The average molecular weight is 232 g/mol. The summed E-state index contributed by atoms with van der Waals surface area (Å²) in [5.41, 5.74) is 5.75. The molecule has 4 atom stereocenters. The fraction of sp³-hybridized carbons (Fsp3) is 0.667. The normalized spacial score (nSPS) is 40.8. The molecule has 0 bridgehead atoms. The second-order valence-electron chi connectivity index (χ2n) is 5.58. The van der Waals surface area contributed by atoms with Crippen molar-refractivity contribution in [3.63, 3.8) is 0 Å². The molecule has 2 nitrogen and oxygen atoms in total. The van der Waals surface area contributed by atoms with Crippen LogP contribution in [-0.2, 0) is 0 Å². The molecule has 17 heavy (non-hydrogen) atoms. The molecule has 2 N–H and O–H groups in total. The number of aliphatic hydroxyl groups excluding tert-OH is 2. The Kier molecular flexibility index (Phi) is 2.96. The summed E-state index contributed by atoms with van der Waals surface area (Å²) >= 11 is 0. The Morgan fingerprint density at radius 3 is 1.65 bits per heavy atom. The van der Waals surface area contributed by atoms with Crippen LogP contribution in [0.1, 0.15) is 38.5 Å². The van der Waals surface area contributed by atoms with Gasteiger partial charge in [0.25, 0.3) is 0 Å². The van der Waals surface area contributed by atoms with Crippen LogP contribution in [0.4, 0.5) is 0 Å². The minimum Gasteiger partial charge on any atom is -0.392 e. The smallest absolute Gasteiger partial charge is 0.0614 e. The van der Waals surface area contributed by atoms with Gasteiger partial charge in [-0.1, -0.05) is 12.8 Å². The highest BCUT2D eigenvalue weighted by Crippen LogP contribution is 2.38. The minimum atomic E-state index is -0.185. The number of aliphatic hydroxyl groups is 2. The van der Waals surface area contributed by atoms with Crippen LogP contribution in [0.2, 0.25) is 0 Å². The molecule has 0 saturated heterocycles. The lowest BCUT2D eigenvalue weighted by Gasteiger charge is -2.13. The summed E-state index contributed by atoms with van der Waals surface area (Å²) in [5.74, 6) is 0.560. The number of hydrogen-bond acceptors (Lipinski definition) is 2. The third-order valence-electron chi connectivity index (χ3n) is 4.49. The Balaban J connectivity index is 1.83. The fourth-order valence-corrected chi connectivity index (χ4v) is 3.47. The van der Waals surface area contributed by atoms with Gasteiger partial charge in [-0.3, -0.25) is 0 Å². The van der Waals surface area contributed by atoms with Gasteiger partial charge in [-0.2, -0.15) is 0 Å². The largest absolute Gasteiger partial charge is 0.392 e. The molecule has 2 heteroatoms. The van der Waals surface area contributed by atoms with Gasteiger partial charge in [0.1, 0.15) is 0 Å². The molecule has 0 heterocycles. The van der Waals surface area contributed by atoms with E-state index in [1.54, 1.807) is 0 Å². The lowest BCUT2D eigenvalue weighted by molar-refractivity contribution is 0.149. The van der Waals surface area contributed by atoms with Crippen LogP contribution in [0.5, 0.6) is 0 Å². The summed E-state index contributed by atoms with van der Waals surface area (Å²) < 4.78 is 0. The van der Waals surface area contributed by atoms with E-state index in [0.29, 0.717) is 0 Å². The molecule has 0 aromatic heterocycles. The second-order valence-corrected chi connectivity index (χ2v) is 5.58. The van der Waals surface area contributed by atoms with Gasteiger partial charge < -0.3 is 10.2 Å². The maximum absolute atomic E-state index is 9.90. The highest BCUT2D eigenvalue weighted by molar-refractivity contribution is 5.40. The van der Waals surface area contributed by atoms with Crippen molar-refractivity contribution >= 4 is 0 Å². The average Bonchev–Trinajstić information content (AvgIpc) is 2.97. The maximum Gasteiger partial charge on any atom is 0.0614 e. The van der Waals surface area contributed by atoms with E-state index in [-0.39, 0.29) is 24.0 Å². The van der Waals surface area contributed by atoms with Gasteiger partial charge in [0.2, 0.25) is 0 Å². The predicted molar refractivity (Wildman–Crippen MR) is 66.4 cm³/mol. The van der Waals surface area contributed by atoms with Gasteiger partial charge in [0.15, 0.2) is 0 Å². The van der Waals surface area contributed by atoms with Gasteiger partial charge in [-0.05, 0) is 49.0 Å². The third-order valence-corrected chi connectivity index (χ3v) is 4.49. The standard InChI is InChI=1S/C15H20O2/c16-14-5-1-3-12(14)10-7-8-11(9-10)13-4-2-6-15(13)17/h7-8,12-17H,1-6H2. The quantitative estimate of drug-likeness (QED) is 0.717. The van der Waals surface area contributed by atoms with Crippen molar-refractivity contribution in [1.82, 2.24) is 0 Å². The lowest BCUT2D eigenvalue weighted by atomic mass is 9.96. The first-order valence-electron chi connectivity index (χ1n) is 6.80. The SMILES string of the molecule is OC1CCCC1C1=C=C(C2CCCC2O)C=C1. The second kappa shape index (κ2) is 4.45. The summed E-state index contributed by atoms with van der Waals surface area (Å²) in [4.78, 5) is 0. The highest BCUT2D eigenvalue weighted by Gasteiger charge is 2.31. The van der Waals surface area contributed by atoms with Crippen LogP contribution in [0.3, 0.4) is 0 Å². The van der Waals surface area contributed by atoms with Crippen molar-refractivity contribution in [2.75, 3.05) is 0 Å². The summed E-state index contributed by atoms with van der Waals surface area (Å²) in [5, 5.41) is 19.8. The molecule has 92 valence electrons. The molecule has 2 saturated carbocycles. The first-order chi connectivity index (χ1) is 8.25. The molecule has 0 aliphatic heterocycles. The van der Waals surface area contributed by atoms with Crippen molar-refractivity contribution in [2.24, 2.45) is 11.8 Å². The van der Waals surface area contributed by atoms with Gasteiger partial charge in [0.05, 0.1) is 12.2 Å². The molecule has 0 amide bonds. The molecule has 0 radical (unpaired) electrons. The number of hydrogen-bond donors (Lipinski definition) is 2. The maximum atomic E-state index is 9.90. The molecule has 2 fully saturated rings. The summed E-state index contributed by atoms with van der Waals surface area (Å²) in [6.07, 6.45) is 10.1. The predicted octanol–water partition coefficient (Wildman–Crippen LogP) is 2.33. The molecule has 0 aromatic carbocycles. The van der Waals surface area contributed by atoms with Crippen LogP contribution in [-0.4, -0.2) is 22.4 Å². The van der Waals surface area contributed by atoms with Crippen molar-refractivity contribution in [1.29, 1.82) is 0 Å². The van der Waals surface area contributed by atoms with E-state index >= 15 is 0 Å². The Bertz CT molecular complexity index is 367. The summed E-state index contributed by atoms with van der Waals surface area (Å²) in [6.45, 7) is 0. The Labute approximate surface area is 102 Å². The van der Waals surface area contributed by atoms with Gasteiger partial charge >= 0.3 is 0 Å². The Morgan fingerprint density at radius 2 is 1.29 bits per heavy atom. The minimum absolute atomic E-state index is 0.185. The summed E-state index contributed by atoms with van der Waals surface area (Å²) in [7, 11) is 0. The van der Waals surface area contributed by atoms with Crippen molar-refractivity contribution in [3.05, 3.63) is 29.0 Å². The first-order valence-corrected chi connectivity index (χ1v) is 6.80. The van der Waals surface area contributed by atoms with E-state index in [2.05, 4.69) is 17.9 Å².